The summed E-state index contributed by atoms with van der Waals surface area (Å²) < 4.78 is 18.3. The molecule has 0 spiro atoms. The van der Waals surface area contributed by atoms with E-state index in [2.05, 4.69) is 0 Å². The maximum atomic E-state index is 13.3. The van der Waals surface area contributed by atoms with E-state index in [9.17, 15) is 23.9 Å². The number of hydrogen-bond acceptors (Lipinski definition) is 5. The van der Waals surface area contributed by atoms with Crippen LogP contribution in [0.25, 0.3) is 0 Å². The molecule has 0 saturated carbocycles. The first kappa shape index (κ1) is 19.3. The van der Waals surface area contributed by atoms with Crippen LogP contribution in [0, 0.1) is 5.82 Å². The fourth-order valence-electron chi connectivity index (χ4n) is 3.16. The molecule has 0 fully saturated rings. The number of ether oxygens (including phenoxy) is 1. The van der Waals surface area contributed by atoms with Gasteiger partial charge in [0.05, 0.1) is 23.8 Å². The Kier molecular flexibility index (Phi) is 5.26. The lowest BCUT2D eigenvalue weighted by molar-refractivity contribution is -0.117. The second kappa shape index (κ2) is 7.64. The van der Waals surface area contributed by atoms with E-state index in [1.807, 2.05) is 0 Å². The minimum Gasteiger partial charge on any atom is -0.503 e. The van der Waals surface area contributed by atoms with Crippen LogP contribution < -0.4 is 4.90 Å². The minimum absolute atomic E-state index is 0.0638. The lowest BCUT2D eigenvalue weighted by Gasteiger charge is -2.26. The highest BCUT2D eigenvalue weighted by molar-refractivity contribution is 6.16. The van der Waals surface area contributed by atoms with Crippen molar-refractivity contribution in [1.29, 1.82) is 0 Å². The minimum atomic E-state index is -0.904. The van der Waals surface area contributed by atoms with Gasteiger partial charge in [-0.2, -0.15) is 0 Å². The molecule has 1 N–H and O–H groups in total. The lowest BCUT2D eigenvalue weighted by atomic mass is 9.96. The summed E-state index contributed by atoms with van der Waals surface area (Å²) in [4.78, 5) is 37.9. The number of hydrogen-bond donors (Lipinski definition) is 1. The Morgan fingerprint density at radius 1 is 1.11 bits per heavy atom. The molecule has 0 aromatic heterocycles. The van der Waals surface area contributed by atoms with Crippen LogP contribution in [0.4, 0.5) is 10.1 Å². The third-order valence-corrected chi connectivity index (χ3v) is 4.43. The van der Waals surface area contributed by atoms with E-state index in [-0.39, 0.29) is 12.2 Å². The van der Waals surface area contributed by atoms with E-state index in [0.29, 0.717) is 16.8 Å². The molecule has 28 heavy (non-hydrogen) atoms. The molecular formula is C21H18FNO5. The van der Waals surface area contributed by atoms with Crippen molar-refractivity contribution in [2.45, 2.75) is 19.9 Å². The number of anilines is 1. The number of rotatable bonds is 5. The average Bonchev–Trinajstić information content (AvgIpc) is 2.94. The summed E-state index contributed by atoms with van der Waals surface area (Å²) in [7, 11) is 0. The number of Topliss-reactive ketones (excluding diaryl/α,β-unsaturated/α-hetero) is 1. The molecule has 0 saturated heterocycles. The molecule has 1 amide bonds. The van der Waals surface area contributed by atoms with Crippen LogP contribution in [0.5, 0.6) is 0 Å². The van der Waals surface area contributed by atoms with Crippen LogP contribution in [-0.2, 0) is 14.3 Å². The molecule has 7 heteroatoms. The normalized spacial score (nSPS) is 16.5. The number of aliphatic hydroxyl groups excluding tert-OH is 1. The van der Waals surface area contributed by atoms with Gasteiger partial charge in [0.2, 0.25) is 0 Å². The molecule has 0 aliphatic carbocycles. The fraction of sp³-hybridized carbons (Fsp3) is 0.190. The van der Waals surface area contributed by atoms with Gasteiger partial charge < -0.3 is 9.84 Å². The largest absolute Gasteiger partial charge is 0.503 e. The van der Waals surface area contributed by atoms with Gasteiger partial charge in [-0.1, -0.05) is 12.1 Å². The number of ketones is 1. The number of benzene rings is 2. The summed E-state index contributed by atoms with van der Waals surface area (Å²) in [6.07, 6.45) is 0. The molecule has 1 atom stereocenters. The van der Waals surface area contributed by atoms with Crippen LogP contribution in [0.3, 0.4) is 0 Å². The van der Waals surface area contributed by atoms with Crippen molar-refractivity contribution in [3.63, 3.8) is 0 Å². The zero-order valence-electron chi connectivity index (χ0n) is 15.3. The van der Waals surface area contributed by atoms with Crippen LogP contribution >= 0.6 is 0 Å². The monoisotopic (exact) mass is 383 g/mol. The molecule has 1 aliphatic rings. The number of aliphatic hydroxyl groups is 1. The summed E-state index contributed by atoms with van der Waals surface area (Å²) >= 11 is 0. The van der Waals surface area contributed by atoms with Crippen molar-refractivity contribution in [2.75, 3.05) is 11.5 Å². The molecule has 3 rings (SSSR count). The summed E-state index contributed by atoms with van der Waals surface area (Å²) in [6.45, 7) is 3.18. The van der Waals surface area contributed by atoms with Gasteiger partial charge in [-0.15, -0.1) is 0 Å². The molecule has 6 nitrogen and oxygen atoms in total. The topological polar surface area (TPSA) is 83.9 Å². The Morgan fingerprint density at radius 2 is 1.71 bits per heavy atom. The summed E-state index contributed by atoms with van der Waals surface area (Å²) in [5.41, 5.74) is 1.08. The molecule has 144 valence electrons. The molecule has 2 aromatic rings. The number of carbonyl (C=O) groups is 3. The van der Waals surface area contributed by atoms with Crippen molar-refractivity contribution in [2.24, 2.45) is 0 Å². The first-order chi connectivity index (χ1) is 13.3. The highest BCUT2D eigenvalue weighted by Crippen LogP contribution is 2.40. The molecule has 1 heterocycles. The van der Waals surface area contributed by atoms with E-state index >= 15 is 0 Å². The van der Waals surface area contributed by atoms with Crippen molar-refractivity contribution in [3.8, 4) is 0 Å². The predicted octanol–water partition coefficient (Wildman–Crippen LogP) is 3.49. The first-order valence-electron chi connectivity index (χ1n) is 8.65. The average molecular weight is 383 g/mol. The number of amides is 1. The van der Waals surface area contributed by atoms with Gasteiger partial charge in [0, 0.05) is 5.69 Å². The number of carbonyl (C=O) groups excluding carboxylic acids is 3. The van der Waals surface area contributed by atoms with Gasteiger partial charge in [0.25, 0.3) is 5.91 Å². The Morgan fingerprint density at radius 3 is 2.25 bits per heavy atom. The van der Waals surface area contributed by atoms with E-state index in [1.165, 1.54) is 60.4 Å². The molecule has 2 aromatic carbocycles. The van der Waals surface area contributed by atoms with Gasteiger partial charge >= 0.3 is 5.97 Å². The van der Waals surface area contributed by atoms with Gasteiger partial charge in [-0.25, -0.2) is 9.18 Å². The van der Waals surface area contributed by atoms with Crippen molar-refractivity contribution >= 4 is 23.3 Å². The maximum Gasteiger partial charge on any atom is 0.338 e. The Bertz CT molecular complexity index is 963. The highest BCUT2D eigenvalue weighted by Gasteiger charge is 2.43. The van der Waals surface area contributed by atoms with E-state index in [4.69, 9.17) is 4.74 Å². The van der Waals surface area contributed by atoms with Gasteiger partial charge in [-0.3, -0.25) is 14.5 Å². The van der Waals surface area contributed by atoms with Crippen molar-refractivity contribution < 1.29 is 28.6 Å². The molecule has 0 bridgehead atoms. The second-order valence-corrected chi connectivity index (χ2v) is 6.22. The standard InChI is InChI=1S/C21H18FNO5/c1-3-28-21(27)14-6-10-16(11-7-14)23-18(13-4-8-15(22)9-5-13)17(12(2)24)19(25)20(23)26/h4-11,18,25H,3H2,1-2H3/t18-/m1/s1. The quantitative estimate of drug-likeness (QED) is 0.799. The van der Waals surface area contributed by atoms with Crippen LogP contribution in [-0.4, -0.2) is 29.4 Å². The van der Waals surface area contributed by atoms with Gasteiger partial charge in [0.15, 0.2) is 11.5 Å². The van der Waals surface area contributed by atoms with Crippen LogP contribution in [0.2, 0.25) is 0 Å². The smallest absolute Gasteiger partial charge is 0.338 e. The molecular weight excluding hydrogens is 365 g/mol. The third-order valence-electron chi connectivity index (χ3n) is 4.43. The third kappa shape index (κ3) is 3.38. The van der Waals surface area contributed by atoms with Crippen LogP contribution in [0.1, 0.15) is 35.8 Å². The Labute approximate surface area is 160 Å². The number of nitrogens with zero attached hydrogens (tertiary/aromatic N) is 1. The van der Waals surface area contributed by atoms with E-state index < -0.39 is 35.3 Å². The highest BCUT2D eigenvalue weighted by atomic mass is 19.1. The fourth-order valence-corrected chi connectivity index (χ4v) is 3.16. The number of esters is 1. The summed E-state index contributed by atoms with van der Waals surface area (Å²) in [5, 5.41) is 10.3. The SMILES string of the molecule is CCOC(=O)c1ccc(N2C(=O)C(O)=C(C(C)=O)[C@H]2c2ccc(F)cc2)cc1. The number of halogens is 1. The lowest BCUT2D eigenvalue weighted by Crippen LogP contribution is -2.30. The molecule has 0 radical (unpaired) electrons. The maximum absolute atomic E-state index is 13.3. The Hall–Kier alpha value is -3.48. The van der Waals surface area contributed by atoms with Crippen molar-refractivity contribution in [1.82, 2.24) is 0 Å². The zero-order chi connectivity index (χ0) is 20.4. The van der Waals surface area contributed by atoms with Crippen LogP contribution in [0.15, 0.2) is 59.9 Å². The second-order valence-electron chi connectivity index (χ2n) is 6.22. The summed E-state index contributed by atoms with van der Waals surface area (Å²) in [6, 6.07) is 10.5. The molecule has 0 unspecified atom stereocenters. The van der Waals surface area contributed by atoms with Crippen molar-refractivity contribution in [3.05, 3.63) is 76.8 Å². The molecule has 1 aliphatic heterocycles. The zero-order valence-corrected chi connectivity index (χ0v) is 15.3. The van der Waals surface area contributed by atoms with E-state index in [1.54, 1.807) is 6.92 Å². The van der Waals surface area contributed by atoms with Gasteiger partial charge in [0.1, 0.15) is 5.82 Å². The predicted molar refractivity (Wildman–Crippen MR) is 99.4 cm³/mol. The first-order valence-corrected chi connectivity index (χ1v) is 8.65. The van der Waals surface area contributed by atoms with E-state index in [0.717, 1.165) is 0 Å². The summed E-state index contributed by atoms with van der Waals surface area (Å²) in [5.74, 6) is -2.82. The van der Waals surface area contributed by atoms with Gasteiger partial charge in [-0.05, 0) is 55.8 Å². The Balaban J connectivity index is 2.05.